The highest BCUT2D eigenvalue weighted by Crippen LogP contribution is 2.19. The zero-order valence-electron chi connectivity index (χ0n) is 13.7. The van der Waals surface area contributed by atoms with Crippen LogP contribution in [0.25, 0.3) is 11.0 Å². The molecular formula is C16H20N2O4S. The first-order valence-corrected chi connectivity index (χ1v) is 8.55. The summed E-state index contributed by atoms with van der Waals surface area (Å²) in [4.78, 5) is 28.4. The van der Waals surface area contributed by atoms with Crippen LogP contribution < -0.4 is 0 Å². The molecule has 2 aromatic rings. The second kappa shape index (κ2) is 7.04. The third kappa shape index (κ3) is 4.48. The molecule has 1 aromatic heterocycles. The number of para-hydroxylation sites is 2. The Morgan fingerprint density at radius 2 is 1.96 bits per heavy atom. The minimum Gasteiger partial charge on any atom is -0.457 e. The van der Waals surface area contributed by atoms with E-state index in [9.17, 15) is 9.59 Å². The Morgan fingerprint density at radius 1 is 1.26 bits per heavy atom. The molecule has 1 aromatic carbocycles. The van der Waals surface area contributed by atoms with Crippen molar-refractivity contribution in [3.63, 3.8) is 0 Å². The van der Waals surface area contributed by atoms with Gasteiger partial charge in [-0.25, -0.2) is 14.3 Å². The molecule has 2 rings (SSSR count). The monoisotopic (exact) mass is 336 g/mol. The first-order valence-electron chi connectivity index (χ1n) is 7.16. The molecule has 0 atom stereocenters. The highest BCUT2D eigenvalue weighted by Gasteiger charge is 2.23. The molecule has 6 nitrogen and oxygen atoms in total. The molecule has 0 bridgehead atoms. The van der Waals surface area contributed by atoms with Gasteiger partial charge in [0.15, 0.2) is 5.82 Å². The van der Waals surface area contributed by atoms with E-state index < -0.39 is 11.7 Å². The normalized spacial score (nSPS) is 11.5. The number of carbonyl (C=O) groups excluding carboxylic acids is 2. The zero-order valence-corrected chi connectivity index (χ0v) is 14.5. The van der Waals surface area contributed by atoms with E-state index >= 15 is 0 Å². The van der Waals surface area contributed by atoms with E-state index in [1.54, 1.807) is 32.9 Å². The first kappa shape index (κ1) is 17.3. The predicted molar refractivity (Wildman–Crippen MR) is 89.5 cm³/mol. The molecule has 0 N–H and O–H groups in total. The molecule has 0 amide bonds. The lowest BCUT2D eigenvalue weighted by Gasteiger charge is -2.20. The average molecular weight is 336 g/mol. The number of imidazole rings is 1. The van der Waals surface area contributed by atoms with Crippen LogP contribution in [0.4, 0.5) is 4.79 Å². The number of carbonyl (C=O) groups is 2. The molecule has 0 aliphatic carbocycles. The van der Waals surface area contributed by atoms with Crippen LogP contribution in [0, 0.1) is 0 Å². The van der Waals surface area contributed by atoms with Crippen LogP contribution in [-0.4, -0.2) is 39.2 Å². The fourth-order valence-corrected chi connectivity index (χ4v) is 2.31. The van der Waals surface area contributed by atoms with E-state index in [2.05, 4.69) is 4.98 Å². The summed E-state index contributed by atoms with van der Waals surface area (Å²) in [7, 11) is 0. The van der Waals surface area contributed by atoms with Gasteiger partial charge in [-0.05, 0) is 39.2 Å². The van der Waals surface area contributed by atoms with Gasteiger partial charge in [0.2, 0.25) is 0 Å². The van der Waals surface area contributed by atoms with Gasteiger partial charge in [-0.3, -0.25) is 4.79 Å². The maximum Gasteiger partial charge on any atom is 0.420 e. The van der Waals surface area contributed by atoms with Gasteiger partial charge in [0.1, 0.15) is 12.2 Å². The molecule has 0 radical (unpaired) electrons. The van der Waals surface area contributed by atoms with Crippen molar-refractivity contribution in [2.75, 3.05) is 12.0 Å². The van der Waals surface area contributed by atoms with Gasteiger partial charge in [0.25, 0.3) is 0 Å². The Morgan fingerprint density at radius 3 is 2.61 bits per heavy atom. The van der Waals surface area contributed by atoms with Gasteiger partial charge in [-0.15, -0.1) is 0 Å². The second-order valence-corrected chi connectivity index (χ2v) is 6.79. The summed E-state index contributed by atoms with van der Waals surface area (Å²) in [5.41, 5.74) is 0.641. The Balaban J connectivity index is 2.33. The summed E-state index contributed by atoms with van der Waals surface area (Å²) in [6, 6.07) is 7.22. The van der Waals surface area contributed by atoms with E-state index in [0.29, 0.717) is 16.9 Å². The third-order valence-electron chi connectivity index (χ3n) is 2.83. The topological polar surface area (TPSA) is 70.4 Å². The molecule has 7 heteroatoms. The van der Waals surface area contributed by atoms with Crippen LogP contribution in [-0.2, 0) is 20.9 Å². The molecule has 0 fully saturated rings. The van der Waals surface area contributed by atoms with E-state index in [1.807, 2.05) is 18.4 Å². The largest absolute Gasteiger partial charge is 0.457 e. The summed E-state index contributed by atoms with van der Waals surface area (Å²) >= 11 is 1.37. The number of thioether (sulfide) groups is 1. The maximum atomic E-state index is 12.5. The van der Waals surface area contributed by atoms with E-state index in [4.69, 9.17) is 9.47 Å². The average Bonchev–Trinajstić information content (AvgIpc) is 2.82. The fourth-order valence-electron chi connectivity index (χ4n) is 1.99. The summed E-state index contributed by atoms with van der Waals surface area (Å²) in [6.45, 7) is 5.31. The van der Waals surface area contributed by atoms with Crippen LogP contribution >= 0.6 is 11.8 Å². The van der Waals surface area contributed by atoms with Gasteiger partial charge >= 0.3 is 12.1 Å². The molecule has 0 saturated heterocycles. The van der Waals surface area contributed by atoms with Crippen molar-refractivity contribution in [1.82, 2.24) is 9.55 Å². The molecule has 1 heterocycles. The van der Waals surface area contributed by atoms with Crippen molar-refractivity contribution < 1.29 is 19.1 Å². The number of hydrogen-bond acceptors (Lipinski definition) is 6. The molecule has 23 heavy (non-hydrogen) atoms. The fraction of sp³-hybridized carbons (Fsp3) is 0.438. The Kier molecular flexibility index (Phi) is 5.30. The number of benzene rings is 1. The zero-order chi connectivity index (χ0) is 17.0. The molecule has 0 spiro atoms. The lowest BCUT2D eigenvalue weighted by atomic mass is 10.2. The minimum absolute atomic E-state index is 0.0761. The lowest BCUT2D eigenvalue weighted by molar-refractivity contribution is -0.142. The van der Waals surface area contributed by atoms with Crippen molar-refractivity contribution >= 4 is 34.9 Å². The van der Waals surface area contributed by atoms with Crippen molar-refractivity contribution in [2.45, 2.75) is 33.0 Å². The first-order chi connectivity index (χ1) is 10.8. The minimum atomic E-state index is -0.630. The molecule has 0 unspecified atom stereocenters. The van der Waals surface area contributed by atoms with Crippen molar-refractivity contribution in [2.24, 2.45) is 0 Å². The molecular weight excluding hydrogens is 316 g/mol. The van der Waals surface area contributed by atoms with Crippen LogP contribution in [0.15, 0.2) is 24.3 Å². The van der Waals surface area contributed by atoms with Gasteiger partial charge in [0, 0.05) is 0 Å². The van der Waals surface area contributed by atoms with Crippen molar-refractivity contribution in [3.8, 4) is 0 Å². The summed E-state index contributed by atoms with van der Waals surface area (Å²) in [5.74, 6) is 0.252. The highest BCUT2D eigenvalue weighted by atomic mass is 32.2. The van der Waals surface area contributed by atoms with Crippen molar-refractivity contribution in [3.05, 3.63) is 30.1 Å². The summed E-state index contributed by atoms with van der Waals surface area (Å²) in [5, 5.41) is 0. The Hall–Kier alpha value is -2.02. The second-order valence-electron chi connectivity index (χ2n) is 5.93. The maximum absolute atomic E-state index is 12.5. The Labute approximate surface area is 139 Å². The Bertz CT molecular complexity index is 718. The van der Waals surface area contributed by atoms with Gasteiger partial charge < -0.3 is 9.47 Å². The van der Waals surface area contributed by atoms with Crippen LogP contribution in [0.2, 0.25) is 0 Å². The number of hydrogen-bond donors (Lipinski definition) is 0. The van der Waals surface area contributed by atoms with Gasteiger partial charge in [-0.1, -0.05) is 12.1 Å². The molecule has 0 aliphatic heterocycles. The lowest BCUT2D eigenvalue weighted by Crippen LogP contribution is -2.28. The SMILES string of the molecule is CSCC(=O)OCc1nc2ccccc2n1C(=O)OC(C)(C)C. The summed E-state index contributed by atoms with van der Waals surface area (Å²) in [6.07, 6.45) is 1.28. The quantitative estimate of drug-likeness (QED) is 0.798. The van der Waals surface area contributed by atoms with E-state index in [0.717, 1.165) is 0 Å². The van der Waals surface area contributed by atoms with Gasteiger partial charge in [0.05, 0.1) is 16.8 Å². The summed E-state index contributed by atoms with van der Waals surface area (Å²) < 4.78 is 11.9. The predicted octanol–water partition coefficient (Wildman–Crippen LogP) is 3.23. The smallest absolute Gasteiger partial charge is 0.420 e. The van der Waals surface area contributed by atoms with Crippen LogP contribution in [0.1, 0.15) is 26.6 Å². The van der Waals surface area contributed by atoms with Gasteiger partial charge in [-0.2, -0.15) is 11.8 Å². The molecule has 0 aliphatic rings. The van der Waals surface area contributed by atoms with Crippen LogP contribution in [0.3, 0.4) is 0 Å². The number of nitrogens with zero attached hydrogens (tertiary/aromatic N) is 2. The van der Waals surface area contributed by atoms with Crippen molar-refractivity contribution in [1.29, 1.82) is 0 Å². The number of ether oxygens (including phenoxy) is 2. The number of esters is 1. The number of fused-ring (bicyclic) bond motifs is 1. The molecule has 124 valence electrons. The number of aromatic nitrogens is 2. The molecule has 0 saturated carbocycles. The van der Waals surface area contributed by atoms with E-state index in [1.165, 1.54) is 16.3 Å². The van der Waals surface area contributed by atoms with E-state index in [-0.39, 0.29) is 18.3 Å². The standard InChI is InChI=1S/C16H20N2O4S/c1-16(2,3)22-15(20)18-12-8-6-5-7-11(12)17-13(18)9-21-14(19)10-23-4/h5-8H,9-10H2,1-4H3. The highest BCUT2D eigenvalue weighted by molar-refractivity contribution is 7.99. The third-order valence-corrected chi connectivity index (χ3v) is 3.36. The number of rotatable bonds is 4. The van der Waals surface area contributed by atoms with Crippen LogP contribution in [0.5, 0.6) is 0 Å².